The number of ether oxygens (including phenoxy) is 2. The lowest BCUT2D eigenvalue weighted by molar-refractivity contribution is 0.294. The SMILES string of the molecule is CCCOc1c(Cl)cc(CNCc2cccnc2)cc1OC. The fraction of sp³-hybridized carbons (Fsp3) is 0.353. The molecule has 0 radical (unpaired) electrons. The summed E-state index contributed by atoms with van der Waals surface area (Å²) in [5.41, 5.74) is 2.19. The Labute approximate surface area is 136 Å². The number of nitrogens with zero attached hydrogens (tertiary/aromatic N) is 1. The zero-order chi connectivity index (χ0) is 15.8. The van der Waals surface area contributed by atoms with Crippen molar-refractivity contribution in [3.8, 4) is 11.5 Å². The van der Waals surface area contributed by atoms with Gasteiger partial charge in [0.1, 0.15) is 0 Å². The molecule has 0 saturated heterocycles. The summed E-state index contributed by atoms with van der Waals surface area (Å²) in [4.78, 5) is 4.09. The highest BCUT2D eigenvalue weighted by Gasteiger charge is 2.11. The van der Waals surface area contributed by atoms with Crippen LogP contribution in [0.4, 0.5) is 0 Å². The summed E-state index contributed by atoms with van der Waals surface area (Å²) >= 11 is 6.30. The minimum atomic E-state index is 0.575. The van der Waals surface area contributed by atoms with E-state index in [0.717, 1.165) is 24.1 Å². The van der Waals surface area contributed by atoms with Crippen LogP contribution in [0.2, 0.25) is 5.02 Å². The van der Waals surface area contributed by atoms with Crippen molar-refractivity contribution < 1.29 is 9.47 Å². The van der Waals surface area contributed by atoms with E-state index < -0.39 is 0 Å². The molecule has 1 aromatic carbocycles. The van der Waals surface area contributed by atoms with Crippen molar-refractivity contribution >= 4 is 11.6 Å². The van der Waals surface area contributed by atoms with Crippen LogP contribution in [0.5, 0.6) is 11.5 Å². The minimum absolute atomic E-state index is 0.575. The molecule has 0 unspecified atom stereocenters. The first-order valence-electron chi connectivity index (χ1n) is 7.33. The number of methoxy groups -OCH3 is 1. The van der Waals surface area contributed by atoms with E-state index in [2.05, 4.69) is 17.2 Å². The predicted molar refractivity (Wildman–Crippen MR) is 88.6 cm³/mol. The first-order valence-corrected chi connectivity index (χ1v) is 7.71. The zero-order valence-corrected chi connectivity index (χ0v) is 13.7. The molecule has 0 atom stereocenters. The Balaban J connectivity index is 2.00. The number of hydrogen-bond acceptors (Lipinski definition) is 4. The molecule has 0 spiro atoms. The van der Waals surface area contributed by atoms with Gasteiger partial charge < -0.3 is 14.8 Å². The summed E-state index contributed by atoms with van der Waals surface area (Å²) < 4.78 is 11.0. The number of rotatable bonds is 8. The lowest BCUT2D eigenvalue weighted by atomic mass is 10.2. The standard InChI is InChI=1S/C17H21ClN2O2/c1-3-7-22-17-15(18)8-14(9-16(17)21-2)12-20-11-13-5-4-6-19-10-13/h4-6,8-10,20H,3,7,11-12H2,1-2H3. The Hall–Kier alpha value is -1.78. The van der Waals surface area contributed by atoms with Crippen LogP contribution in [0.1, 0.15) is 24.5 Å². The van der Waals surface area contributed by atoms with Crippen molar-refractivity contribution in [3.05, 3.63) is 52.8 Å². The molecule has 0 bridgehead atoms. The van der Waals surface area contributed by atoms with Gasteiger partial charge in [-0.1, -0.05) is 24.6 Å². The molecule has 4 nitrogen and oxygen atoms in total. The molecule has 0 aliphatic carbocycles. The maximum Gasteiger partial charge on any atom is 0.179 e. The van der Waals surface area contributed by atoms with Crippen molar-refractivity contribution in [2.24, 2.45) is 0 Å². The molecule has 118 valence electrons. The van der Waals surface area contributed by atoms with Crippen LogP contribution in [-0.2, 0) is 13.1 Å². The topological polar surface area (TPSA) is 43.4 Å². The normalized spacial score (nSPS) is 10.5. The highest BCUT2D eigenvalue weighted by atomic mass is 35.5. The van der Waals surface area contributed by atoms with Crippen LogP contribution in [0.25, 0.3) is 0 Å². The molecular weight excluding hydrogens is 300 g/mol. The van der Waals surface area contributed by atoms with Gasteiger partial charge in [-0.3, -0.25) is 4.98 Å². The molecule has 1 N–H and O–H groups in total. The van der Waals surface area contributed by atoms with E-state index in [1.807, 2.05) is 30.5 Å². The Morgan fingerprint density at radius 1 is 1.23 bits per heavy atom. The number of pyridine rings is 1. The van der Waals surface area contributed by atoms with Gasteiger partial charge in [0.05, 0.1) is 18.7 Å². The number of benzene rings is 1. The largest absolute Gasteiger partial charge is 0.493 e. The lowest BCUT2D eigenvalue weighted by Gasteiger charge is -2.14. The van der Waals surface area contributed by atoms with Crippen molar-refractivity contribution in [2.75, 3.05) is 13.7 Å². The van der Waals surface area contributed by atoms with E-state index in [9.17, 15) is 0 Å². The smallest absolute Gasteiger partial charge is 0.179 e. The maximum absolute atomic E-state index is 6.30. The second-order valence-electron chi connectivity index (χ2n) is 4.92. The number of hydrogen-bond donors (Lipinski definition) is 1. The van der Waals surface area contributed by atoms with Gasteiger partial charge in [0.25, 0.3) is 0 Å². The third-order valence-electron chi connectivity index (χ3n) is 3.12. The Kier molecular flexibility index (Phi) is 6.49. The Morgan fingerprint density at radius 2 is 2.05 bits per heavy atom. The molecule has 1 aromatic heterocycles. The highest BCUT2D eigenvalue weighted by Crippen LogP contribution is 2.36. The van der Waals surface area contributed by atoms with Gasteiger partial charge in [-0.05, 0) is 35.7 Å². The van der Waals surface area contributed by atoms with Crippen LogP contribution in [-0.4, -0.2) is 18.7 Å². The summed E-state index contributed by atoms with van der Waals surface area (Å²) in [6, 6.07) is 7.82. The molecule has 2 aromatic rings. The van der Waals surface area contributed by atoms with Gasteiger partial charge in [-0.25, -0.2) is 0 Å². The molecule has 0 saturated carbocycles. The van der Waals surface area contributed by atoms with E-state index >= 15 is 0 Å². The van der Waals surface area contributed by atoms with E-state index in [1.54, 1.807) is 13.3 Å². The van der Waals surface area contributed by atoms with Gasteiger partial charge in [0.15, 0.2) is 11.5 Å². The Bertz CT molecular complexity index is 591. The van der Waals surface area contributed by atoms with Crippen LogP contribution in [0.15, 0.2) is 36.7 Å². The van der Waals surface area contributed by atoms with E-state index in [4.69, 9.17) is 21.1 Å². The second-order valence-corrected chi connectivity index (χ2v) is 5.33. The maximum atomic E-state index is 6.30. The van der Waals surface area contributed by atoms with Gasteiger partial charge in [-0.15, -0.1) is 0 Å². The van der Waals surface area contributed by atoms with E-state index in [-0.39, 0.29) is 0 Å². The molecule has 0 aliphatic rings. The molecule has 1 heterocycles. The van der Waals surface area contributed by atoms with Crippen molar-refractivity contribution in [1.82, 2.24) is 10.3 Å². The Morgan fingerprint density at radius 3 is 2.73 bits per heavy atom. The number of aromatic nitrogens is 1. The first kappa shape index (κ1) is 16.6. The molecular formula is C17H21ClN2O2. The molecule has 22 heavy (non-hydrogen) atoms. The van der Waals surface area contributed by atoms with Gasteiger partial charge >= 0.3 is 0 Å². The zero-order valence-electron chi connectivity index (χ0n) is 12.9. The first-order chi connectivity index (χ1) is 10.7. The van der Waals surface area contributed by atoms with Gasteiger partial charge in [-0.2, -0.15) is 0 Å². The van der Waals surface area contributed by atoms with Crippen molar-refractivity contribution in [3.63, 3.8) is 0 Å². The van der Waals surface area contributed by atoms with Gasteiger partial charge in [0, 0.05) is 25.5 Å². The van der Waals surface area contributed by atoms with Gasteiger partial charge in [0.2, 0.25) is 0 Å². The monoisotopic (exact) mass is 320 g/mol. The number of nitrogens with one attached hydrogen (secondary N) is 1. The second kappa shape index (κ2) is 8.61. The fourth-order valence-electron chi connectivity index (χ4n) is 2.07. The third kappa shape index (κ3) is 4.61. The molecule has 0 aliphatic heterocycles. The highest BCUT2D eigenvalue weighted by molar-refractivity contribution is 6.32. The summed E-state index contributed by atoms with van der Waals surface area (Å²) in [6.07, 6.45) is 4.54. The van der Waals surface area contributed by atoms with Crippen molar-refractivity contribution in [1.29, 1.82) is 0 Å². The minimum Gasteiger partial charge on any atom is -0.493 e. The predicted octanol–water partition coefficient (Wildman–Crippen LogP) is 3.82. The lowest BCUT2D eigenvalue weighted by Crippen LogP contribution is -2.13. The van der Waals surface area contributed by atoms with Crippen LogP contribution in [0.3, 0.4) is 0 Å². The summed E-state index contributed by atoms with van der Waals surface area (Å²) in [5.74, 6) is 1.28. The summed E-state index contributed by atoms with van der Waals surface area (Å²) in [7, 11) is 1.62. The third-order valence-corrected chi connectivity index (χ3v) is 3.40. The average molecular weight is 321 g/mol. The molecule has 5 heteroatoms. The van der Waals surface area contributed by atoms with Crippen molar-refractivity contribution in [2.45, 2.75) is 26.4 Å². The molecule has 2 rings (SSSR count). The molecule has 0 amide bonds. The van der Waals surface area contributed by atoms with E-state index in [0.29, 0.717) is 29.7 Å². The van der Waals surface area contributed by atoms with Crippen LogP contribution < -0.4 is 14.8 Å². The van der Waals surface area contributed by atoms with Crippen LogP contribution in [0, 0.1) is 0 Å². The average Bonchev–Trinajstić information content (AvgIpc) is 2.54. The van der Waals surface area contributed by atoms with Crippen LogP contribution >= 0.6 is 11.6 Å². The summed E-state index contributed by atoms with van der Waals surface area (Å²) in [6.45, 7) is 4.12. The molecule has 0 fully saturated rings. The quantitative estimate of drug-likeness (QED) is 0.803. The van der Waals surface area contributed by atoms with E-state index in [1.165, 1.54) is 0 Å². The summed E-state index contributed by atoms with van der Waals surface area (Å²) in [5, 5.41) is 3.94. The fourth-order valence-corrected chi connectivity index (χ4v) is 2.36. The number of halogens is 1.